The van der Waals surface area contributed by atoms with Gasteiger partial charge in [0.1, 0.15) is 0 Å². The third-order valence-corrected chi connectivity index (χ3v) is 4.80. The second-order valence-electron chi connectivity index (χ2n) is 5.68. The molecule has 0 bridgehead atoms. The van der Waals surface area contributed by atoms with Gasteiger partial charge in [-0.3, -0.25) is 4.90 Å². The van der Waals surface area contributed by atoms with E-state index >= 15 is 0 Å². The number of rotatable bonds is 3. The zero-order valence-electron chi connectivity index (χ0n) is 11.2. The summed E-state index contributed by atoms with van der Waals surface area (Å²) < 4.78 is 0. The summed E-state index contributed by atoms with van der Waals surface area (Å²) >= 11 is 0. The zero-order valence-corrected chi connectivity index (χ0v) is 11.2. The van der Waals surface area contributed by atoms with Crippen molar-refractivity contribution < 1.29 is 0 Å². The Bertz CT molecular complexity index is 217. The Labute approximate surface area is 101 Å². The quantitative estimate of drug-likeness (QED) is 0.793. The molecule has 2 nitrogen and oxygen atoms in total. The third-order valence-electron chi connectivity index (χ3n) is 4.80. The predicted molar refractivity (Wildman–Crippen MR) is 69.7 cm³/mol. The van der Waals surface area contributed by atoms with Gasteiger partial charge in [-0.15, -0.1) is 0 Å². The van der Waals surface area contributed by atoms with E-state index in [1.54, 1.807) is 0 Å². The van der Waals surface area contributed by atoms with Crippen LogP contribution >= 0.6 is 0 Å². The van der Waals surface area contributed by atoms with Crippen molar-refractivity contribution in [3.05, 3.63) is 0 Å². The topological polar surface area (TPSA) is 15.3 Å². The van der Waals surface area contributed by atoms with Crippen molar-refractivity contribution in [2.75, 3.05) is 7.05 Å². The van der Waals surface area contributed by atoms with Gasteiger partial charge < -0.3 is 5.32 Å². The first kappa shape index (κ1) is 12.4. The smallest absolute Gasteiger partial charge is 0.0254 e. The number of nitrogens with one attached hydrogen (secondary N) is 1. The maximum absolute atomic E-state index is 3.55. The molecule has 2 fully saturated rings. The fourth-order valence-electron chi connectivity index (χ4n) is 3.91. The molecule has 94 valence electrons. The summed E-state index contributed by atoms with van der Waals surface area (Å²) in [6.45, 7) is 4.78. The SMILES string of the molecule is CCC1CCC(C)N1C1CCCCC1NC. The van der Waals surface area contributed by atoms with E-state index in [0.29, 0.717) is 0 Å². The lowest BCUT2D eigenvalue weighted by molar-refractivity contribution is 0.0797. The van der Waals surface area contributed by atoms with Gasteiger partial charge in [0, 0.05) is 24.2 Å². The van der Waals surface area contributed by atoms with Gasteiger partial charge in [0.2, 0.25) is 0 Å². The highest BCUT2D eigenvalue weighted by atomic mass is 15.3. The highest BCUT2D eigenvalue weighted by molar-refractivity contribution is 4.95. The van der Waals surface area contributed by atoms with E-state index in [2.05, 4.69) is 31.1 Å². The van der Waals surface area contributed by atoms with E-state index in [-0.39, 0.29) is 0 Å². The highest BCUT2D eigenvalue weighted by Crippen LogP contribution is 2.34. The maximum atomic E-state index is 3.55. The van der Waals surface area contributed by atoms with Crippen molar-refractivity contribution >= 4 is 0 Å². The third kappa shape index (κ3) is 2.28. The molecule has 1 heterocycles. The van der Waals surface area contributed by atoms with E-state index < -0.39 is 0 Å². The van der Waals surface area contributed by atoms with Crippen LogP contribution < -0.4 is 5.32 Å². The fourth-order valence-corrected chi connectivity index (χ4v) is 3.91. The van der Waals surface area contributed by atoms with Crippen LogP contribution in [0.3, 0.4) is 0 Å². The Morgan fingerprint density at radius 1 is 1.12 bits per heavy atom. The molecule has 1 aliphatic heterocycles. The number of nitrogens with zero attached hydrogens (tertiary/aromatic N) is 1. The lowest BCUT2D eigenvalue weighted by Gasteiger charge is -2.43. The Morgan fingerprint density at radius 3 is 2.56 bits per heavy atom. The van der Waals surface area contributed by atoms with E-state index in [9.17, 15) is 0 Å². The summed E-state index contributed by atoms with van der Waals surface area (Å²) in [5, 5.41) is 3.55. The van der Waals surface area contributed by atoms with Gasteiger partial charge in [-0.1, -0.05) is 19.8 Å². The summed E-state index contributed by atoms with van der Waals surface area (Å²) in [6.07, 6.45) is 9.80. The monoisotopic (exact) mass is 224 g/mol. The van der Waals surface area contributed by atoms with Gasteiger partial charge in [0.05, 0.1) is 0 Å². The van der Waals surface area contributed by atoms with Gasteiger partial charge >= 0.3 is 0 Å². The van der Waals surface area contributed by atoms with E-state index in [0.717, 1.165) is 24.2 Å². The number of hydrogen-bond donors (Lipinski definition) is 1. The summed E-state index contributed by atoms with van der Waals surface area (Å²) in [7, 11) is 2.14. The number of likely N-dealkylation sites (N-methyl/N-ethyl adjacent to an activating group) is 1. The van der Waals surface area contributed by atoms with E-state index in [4.69, 9.17) is 0 Å². The van der Waals surface area contributed by atoms with Crippen LogP contribution in [-0.4, -0.2) is 36.1 Å². The minimum absolute atomic E-state index is 0.739. The minimum Gasteiger partial charge on any atom is -0.315 e. The summed E-state index contributed by atoms with van der Waals surface area (Å²) in [6, 6.07) is 3.21. The van der Waals surface area contributed by atoms with Crippen LogP contribution in [0.5, 0.6) is 0 Å². The first-order valence-electron chi connectivity index (χ1n) is 7.22. The summed E-state index contributed by atoms with van der Waals surface area (Å²) in [5.41, 5.74) is 0. The summed E-state index contributed by atoms with van der Waals surface area (Å²) in [4.78, 5) is 2.85. The van der Waals surface area contributed by atoms with Crippen LogP contribution in [-0.2, 0) is 0 Å². The van der Waals surface area contributed by atoms with Crippen LogP contribution in [0, 0.1) is 0 Å². The van der Waals surface area contributed by atoms with E-state index in [1.807, 2.05) is 0 Å². The molecule has 1 aliphatic carbocycles. The van der Waals surface area contributed by atoms with Gasteiger partial charge in [-0.2, -0.15) is 0 Å². The van der Waals surface area contributed by atoms with Crippen molar-refractivity contribution in [2.45, 2.75) is 83.0 Å². The molecule has 1 saturated heterocycles. The molecular weight excluding hydrogens is 196 g/mol. The molecule has 0 aromatic carbocycles. The molecule has 2 heteroatoms. The summed E-state index contributed by atoms with van der Waals surface area (Å²) in [5.74, 6) is 0. The van der Waals surface area contributed by atoms with E-state index in [1.165, 1.54) is 44.9 Å². The first-order valence-corrected chi connectivity index (χ1v) is 7.22. The Hall–Kier alpha value is -0.0800. The molecule has 0 amide bonds. The molecule has 0 aromatic heterocycles. The van der Waals surface area contributed by atoms with Crippen molar-refractivity contribution in [3.63, 3.8) is 0 Å². The Kier molecular flexibility index (Phi) is 4.26. The fraction of sp³-hybridized carbons (Fsp3) is 1.00. The standard InChI is InChI=1S/C14H28N2/c1-4-12-10-9-11(2)16(12)14-8-6-5-7-13(14)15-3/h11-15H,4-10H2,1-3H3. The van der Waals surface area contributed by atoms with Crippen LogP contribution in [0.1, 0.15) is 58.8 Å². The van der Waals surface area contributed by atoms with Crippen molar-refractivity contribution in [1.82, 2.24) is 10.2 Å². The van der Waals surface area contributed by atoms with Crippen LogP contribution in [0.15, 0.2) is 0 Å². The molecule has 1 N–H and O–H groups in total. The van der Waals surface area contributed by atoms with Crippen molar-refractivity contribution in [2.24, 2.45) is 0 Å². The van der Waals surface area contributed by atoms with Crippen LogP contribution in [0.4, 0.5) is 0 Å². The Balaban J connectivity index is 2.07. The maximum Gasteiger partial charge on any atom is 0.0254 e. The first-order chi connectivity index (χ1) is 7.77. The largest absolute Gasteiger partial charge is 0.315 e. The Morgan fingerprint density at radius 2 is 1.88 bits per heavy atom. The average molecular weight is 224 g/mol. The van der Waals surface area contributed by atoms with Crippen molar-refractivity contribution in [1.29, 1.82) is 0 Å². The zero-order chi connectivity index (χ0) is 11.5. The van der Waals surface area contributed by atoms with Crippen LogP contribution in [0.2, 0.25) is 0 Å². The predicted octanol–water partition coefficient (Wildman–Crippen LogP) is 2.78. The van der Waals surface area contributed by atoms with Gasteiger partial charge in [0.25, 0.3) is 0 Å². The minimum atomic E-state index is 0.739. The molecule has 16 heavy (non-hydrogen) atoms. The molecule has 0 spiro atoms. The van der Waals surface area contributed by atoms with Crippen molar-refractivity contribution in [3.8, 4) is 0 Å². The van der Waals surface area contributed by atoms with Gasteiger partial charge in [-0.25, -0.2) is 0 Å². The van der Waals surface area contributed by atoms with Gasteiger partial charge in [0.15, 0.2) is 0 Å². The average Bonchev–Trinajstić information content (AvgIpc) is 2.70. The molecule has 2 rings (SSSR count). The molecule has 0 radical (unpaired) electrons. The van der Waals surface area contributed by atoms with Crippen LogP contribution in [0.25, 0.3) is 0 Å². The lowest BCUT2D eigenvalue weighted by Crippen LogP contribution is -2.54. The molecule has 4 atom stereocenters. The molecular formula is C14H28N2. The molecule has 0 aromatic rings. The molecule has 1 saturated carbocycles. The molecule has 4 unspecified atom stereocenters. The lowest BCUT2D eigenvalue weighted by atomic mass is 9.88. The normalized spacial score (nSPS) is 41.4. The second kappa shape index (κ2) is 5.50. The second-order valence-corrected chi connectivity index (χ2v) is 5.68. The number of likely N-dealkylation sites (tertiary alicyclic amines) is 1. The number of hydrogen-bond acceptors (Lipinski definition) is 2. The molecule has 2 aliphatic rings. The van der Waals surface area contributed by atoms with Gasteiger partial charge in [-0.05, 0) is 46.1 Å². The highest BCUT2D eigenvalue weighted by Gasteiger charge is 2.38.